The lowest BCUT2D eigenvalue weighted by molar-refractivity contribution is 0.189. The first kappa shape index (κ1) is 17.1. The molecule has 0 aromatic heterocycles. The topological polar surface area (TPSA) is 142 Å². The monoisotopic (exact) mass is 338 g/mol. The van der Waals surface area contributed by atoms with E-state index in [1.54, 1.807) is 37.0 Å². The van der Waals surface area contributed by atoms with Gasteiger partial charge in [-0.25, -0.2) is 9.20 Å². The van der Waals surface area contributed by atoms with Crippen LogP contribution >= 0.6 is 0 Å². The number of aliphatic hydroxyl groups is 1. The highest BCUT2D eigenvalue weighted by molar-refractivity contribution is 7.77. The lowest BCUT2D eigenvalue weighted by Crippen LogP contribution is -2.42. The van der Waals surface area contributed by atoms with E-state index in [0.29, 0.717) is 17.8 Å². The molecule has 0 aromatic carbocycles. The van der Waals surface area contributed by atoms with Gasteiger partial charge in [-0.15, -0.1) is 0 Å². The van der Waals surface area contributed by atoms with Gasteiger partial charge in [-0.2, -0.15) is 4.72 Å². The molecular weight excluding hydrogens is 320 g/mol. The number of aliphatic imine (C=N–C) groups is 1. The van der Waals surface area contributed by atoms with Gasteiger partial charge in [0.15, 0.2) is 6.23 Å². The molecule has 10 heteroatoms. The summed E-state index contributed by atoms with van der Waals surface area (Å²) in [6.45, 7) is 0.606. The molecular formula is C13H18N6O3S. The highest BCUT2D eigenvalue weighted by Crippen LogP contribution is 2.11. The summed E-state index contributed by atoms with van der Waals surface area (Å²) < 4.78 is 21.5. The van der Waals surface area contributed by atoms with Crippen molar-refractivity contribution >= 4 is 23.8 Å². The molecule has 0 spiro atoms. The fourth-order valence-electron chi connectivity index (χ4n) is 1.94. The van der Waals surface area contributed by atoms with E-state index in [1.807, 2.05) is 0 Å². The summed E-state index contributed by atoms with van der Waals surface area (Å²) in [6, 6.07) is -0.357. The number of dihydropyridines is 1. The summed E-state index contributed by atoms with van der Waals surface area (Å²) in [4.78, 5) is 3.96. The molecule has 0 saturated carbocycles. The van der Waals surface area contributed by atoms with Crippen molar-refractivity contribution in [3.63, 3.8) is 0 Å². The molecule has 2 rings (SSSR count). The largest absolute Gasteiger partial charge is 0.375 e. The van der Waals surface area contributed by atoms with E-state index in [0.717, 1.165) is 5.70 Å². The first-order chi connectivity index (χ1) is 11.1. The van der Waals surface area contributed by atoms with Crippen LogP contribution in [0.25, 0.3) is 0 Å². The van der Waals surface area contributed by atoms with Crippen LogP contribution in [0.2, 0.25) is 0 Å². The predicted octanol–water partition coefficient (Wildman–Crippen LogP) is -0.961. The molecule has 0 amide bonds. The van der Waals surface area contributed by atoms with E-state index in [-0.39, 0.29) is 6.04 Å². The van der Waals surface area contributed by atoms with E-state index in [4.69, 9.17) is 9.96 Å². The molecule has 0 radical (unpaired) electrons. The van der Waals surface area contributed by atoms with Crippen LogP contribution in [0.4, 0.5) is 0 Å². The molecule has 3 unspecified atom stereocenters. The number of hydrogen-bond acceptors (Lipinski definition) is 7. The van der Waals surface area contributed by atoms with E-state index >= 15 is 0 Å². The molecule has 0 aliphatic carbocycles. The minimum absolute atomic E-state index is 0.329. The highest BCUT2D eigenvalue weighted by Gasteiger charge is 2.19. The minimum Gasteiger partial charge on any atom is -0.375 e. The van der Waals surface area contributed by atoms with Crippen LogP contribution in [0.1, 0.15) is 0 Å². The molecule has 0 bridgehead atoms. The van der Waals surface area contributed by atoms with Crippen molar-refractivity contribution in [2.45, 2.75) is 12.3 Å². The zero-order chi connectivity index (χ0) is 16.7. The summed E-state index contributed by atoms with van der Waals surface area (Å²) in [6.07, 6.45) is 9.88. The predicted molar refractivity (Wildman–Crippen MR) is 88.6 cm³/mol. The molecule has 0 aromatic rings. The van der Waals surface area contributed by atoms with Crippen molar-refractivity contribution in [2.75, 3.05) is 6.54 Å². The van der Waals surface area contributed by atoms with Crippen LogP contribution in [0, 0.1) is 5.41 Å². The van der Waals surface area contributed by atoms with Crippen molar-refractivity contribution < 1.29 is 13.9 Å². The van der Waals surface area contributed by atoms with Crippen LogP contribution in [0.5, 0.6) is 0 Å². The Morgan fingerprint density at radius 1 is 1.61 bits per heavy atom. The zero-order valence-corrected chi connectivity index (χ0v) is 12.9. The van der Waals surface area contributed by atoms with Gasteiger partial charge < -0.3 is 26.5 Å². The van der Waals surface area contributed by atoms with Gasteiger partial charge in [-0.3, -0.25) is 4.55 Å². The molecule has 0 fully saturated rings. The minimum atomic E-state index is -2.33. The number of rotatable bonds is 7. The van der Waals surface area contributed by atoms with Crippen LogP contribution in [-0.4, -0.2) is 45.2 Å². The summed E-state index contributed by atoms with van der Waals surface area (Å²) in [7, 11) is 0. The molecule has 2 aliphatic heterocycles. The lowest BCUT2D eigenvalue weighted by Gasteiger charge is -2.25. The van der Waals surface area contributed by atoms with Crippen LogP contribution < -0.4 is 20.7 Å². The molecule has 2 heterocycles. The van der Waals surface area contributed by atoms with Gasteiger partial charge in [0.05, 0.1) is 30.3 Å². The van der Waals surface area contributed by atoms with Crippen LogP contribution in [0.3, 0.4) is 0 Å². The number of hydrogen-bond donors (Lipinski definition) is 7. The lowest BCUT2D eigenvalue weighted by atomic mass is 10.1. The van der Waals surface area contributed by atoms with Crippen molar-refractivity contribution in [3.05, 3.63) is 47.6 Å². The third kappa shape index (κ3) is 5.14. The van der Waals surface area contributed by atoms with Gasteiger partial charge in [-0.1, -0.05) is 12.2 Å². The molecule has 3 atom stereocenters. The Morgan fingerprint density at radius 3 is 3.09 bits per heavy atom. The van der Waals surface area contributed by atoms with E-state index in [1.165, 1.54) is 6.21 Å². The maximum atomic E-state index is 10.7. The Labute approximate surface area is 135 Å². The summed E-state index contributed by atoms with van der Waals surface area (Å²) in [5.74, 6) is 0. The van der Waals surface area contributed by atoms with Gasteiger partial charge in [0.2, 0.25) is 11.3 Å². The molecule has 23 heavy (non-hydrogen) atoms. The second-order valence-electron chi connectivity index (χ2n) is 4.64. The number of allylic oxidation sites excluding steroid dienone is 2. The maximum absolute atomic E-state index is 10.7. The molecule has 7 N–H and O–H groups in total. The Morgan fingerprint density at radius 2 is 2.43 bits per heavy atom. The SMILES string of the molecule is N=C/C(=C\NC1=CN=CNC1)C1C=CC=C(C(O)NS(=O)O)N1. The average Bonchev–Trinajstić information content (AvgIpc) is 2.56. The first-order valence-corrected chi connectivity index (χ1v) is 7.82. The summed E-state index contributed by atoms with van der Waals surface area (Å²) in [5.41, 5.74) is 1.79. The third-order valence-corrected chi connectivity index (χ3v) is 3.47. The molecule has 2 aliphatic rings. The second-order valence-corrected chi connectivity index (χ2v) is 5.38. The Hall–Kier alpha value is -2.27. The maximum Gasteiger partial charge on any atom is 0.234 e. The average molecular weight is 338 g/mol. The smallest absolute Gasteiger partial charge is 0.234 e. The van der Waals surface area contributed by atoms with Crippen molar-refractivity contribution in [1.29, 1.82) is 5.41 Å². The summed E-state index contributed by atoms with van der Waals surface area (Å²) in [5, 5.41) is 26.3. The van der Waals surface area contributed by atoms with E-state index in [9.17, 15) is 9.32 Å². The summed E-state index contributed by atoms with van der Waals surface area (Å²) >= 11 is -2.33. The molecule has 124 valence electrons. The number of aliphatic hydroxyl groups excluding tert-OH is 1. The van der Waals surface area contributed by atoms with E-state index < -0.39 is 17.5 Å². The fourth-order valence-corrected chi connectivity index (χ4v) is 2.25. The van der Waals surface area contributed by atoms with Gasteiger partial charge in [0.1, 0.15) is 0 Å². The molecule has 0 saturated heterocycles. The van der Waals surface area contributed by atoms with E-state index in [2.05, 4.69) is 25.7 Å². The Balaban J connectivity index is 2.02. The first-order valence-electron chi connectivity index (χ1n) is 6.71. The van der Waals surface area contributed by atoms with Crippen LogP contribution in [-0.2, 0) is 11.3 Å². The second kappa shape index (κ2) is 8.39. The Bertz CT molecular complexity index is 625. The standard InChI is InChI=1S/C13H18N6O3S/c14-4-9(5-17-10-6-15-8-16-7-10)11-2-1-3-12(18-11)13(20)19-23(21)22/h1-6,8,11,13-14,17-20H,7H2,(H,15,16)(H,21,22)/b9-5+,14-4?. The van der Waals surface area contributed by atoms with Gasteiger partial charge in [0, 0.05) is 24.2 Å². The molecule has 9 nitrogen and oxygen atoms in total. The third-order valence-electron chi connectivity index (χ3n) is 3.05. The number of nitrogens with zero attached hydrogens (tertiary/aromatic N) is 1. The van der Waals surface area contributed by atoms with Gasteiger partial charge in [-0.05, 0) is 6.08 Å². The van der Waals surface area contributed by atoms with Crippen molar-refractivity contribution in [1.82, 2.24) is 20.7 Å². The Kier molecular flexibility index (Phi) is 6.23. The van der Waals surface area contributed by atoms with Crippen molar-refractivity contribution in [2.24, 2.45) is 4.99 Å². The number of nitrogens with one attached hydrogen (secondary N) is 5. The van der Waals surface area contributed by atoms with Gasteiger partial charge in [0.25, 0.3) is 0 Å². The highest BCUT2D eigenvalue weighted by atomic mass is 32.2. The fraction of sp³-hybridized carbons (Fsp3) is 0.231. The normalized spacial score (nSPS) is 23.0. The zero-order valence-electron chi connectivity index (χ0n) is 12.1. The van der Waals surface area contributed by atoms with Crippen molar-refractivity contribution in [3.8, 4) is 0 Å². The van der Waals surface area contributed by atoms with Crippen LogP contribution in [0.15, 0.2) is 52.6 Å². The quantitative estimate of drug-likeness (QED) is 0.181. The van der Waals surface area contributed by atoms with Gasteiger partial charge >= 0.3 is 0 Å².